The second kappa shape index (κ2) is 18.5. The molecule has 0 heterocycles. The van der Waals surface area contributed by atoms with Crippen LogP contribution < -0.4 is 15.2 Å². The summed E-state index contributed by atoms with van der Waals surface area (Å²) in [6, 6.07) is 13.2. The molecule has 58 heavy (non-hydrogen) atoms. The number of ether oxygens (including phenoxy) is 2. The molecule has 0 bridgehead atoms. The Kier molecular flexibility index (Phi) is 13.9. The van der Waals surface area contributed by atoms with Crippen LogP contribution in [0.3, 0.4) is 0 Å². The van der Waals surface area contributed by atoms with E-state index in [-0.39, 0.29) is 66.2 Å². The van der Waals surface area contributed by atoms with Crippen LogP contribution in [-0.4, -0.2) is 55.8 Å². The summed E-state index contributed by atoms with van der Waals surface area (Å²) in [7, 11) is -6.66. The number of anilines is 1. The molecular weight excluding hydrogens is 851 g/mol. The lowest BCUT2D eigenvalue weighted by atomic mass is 10.1. The summed E-state index contributed by atoms with van der Waals surface area (Å²) in [6.07, 6.45) is 0. The average molecular weight is 880 g/mol. The largest absolute Gasteiger partial charge is 0.505 e. The fourth-order valence-electron chi connectivity index (χ4n) is 5.07. The third-order valence-electron chi connectivity index (χ3n) is 7.77. The van der Waals surface area contributed by atoms with Gasteiger partial charge < -0.3 is 20.3 Å². The van der Waals surface area contributed by atoms with Crippen LogP contribution in [0.4, 0.5) is 39.8 Å². The Bertz CT molecular complexity index is 2700. The molecule has 0 spiro atoms. The van der Waals surface area contributed by atoms with Gasteiger partial charge in [0, 0.05) is 22.4 Å². The summed E-state index contributed by atoms with van der Waals surface area (Å²) in [5.41, 5.74) is 7.14. The van der Waals surface area contributed by atoms with Gasteiger partial charge in [-0.25, -0.2) is 10.5 Å². The van der Waals surface area contributed by atoms with Crippen molar-refractivity contribution in [1.29, 1.82) is 0 Å². The Balaban J connectivity index is 1.47. The lowest BCUT2D eigenvalue weighted by molar-refractivity contribution is -0.432. The Labute approximate surface area is 336 Å². The molecule has 0 saturated heterocycles. The van der Waals surface area contributed by atoms with Crippen LogP contribution in [0.5, 0.6) is 17.2 Å². The zero-order chi connectivity index (χ0) is 42.4. The van der Waals surface area contributed by atoms with E-state index in [1.165, 1.54) is 44.6 Å². The van der Waals surface area contributed by atoms with Crippen molar-refractivity contribution in [3.8, 4) is 17.2 Å². The predicted molar refractivity (Wildman–Crippen MR) is 205 cm³/mol. The molecule has 0 aromatic heterocycles. The number of fused-ring (bicyclic) bond motifs is 1. The maximum absolute atomic E-state index is 11.9. The molecule has 7 N–H and O–H groups in total. The highest BCUT2D eigenvalue weighted by atomic mass is 32.2. The van der Waals surface area contributed by atoms with E-state index in [0.29, 0.717) is 40.9 Å². The summed E-state index contributed by atoms with van der Waals surface area (Å²) in [4.78, 5) is -0.882. The van der Waals surface area contributed by atoms with Gasteiger partial charge in [0.05, 0.1) is 60.3 Å². The monoisotopic (exact) mass is 879 g/mol. The normalized spacial score (nSPS) is 12.4. The molecule has 26 heteroatoms. The van der Waals surface area contributed by atoms with Gasteiger partial charge >= 0.3 is 0 Å². The first-order valence-corrected chi connectivity index (χ1v) is 20.0. The van der Waals surface area contributed by atoms with Crippen molar-refractivity contribution in [1.82, 2.24) is 0 Å². The topological polar surface area (TPSA) is 325 Å². The van der Waals surface area contributed by atoms with Gasteiger partial charge in [0.15, 0.2) is 5.75 Å². The van der Waals surface area contributed by atoms with Crippen molar-refractivity contribution in [3.05, 3.63) is 71.8 Å². The summed E-state index contributed by atoms with van der Waals surface area (Å²) in [6.45, 7) is 3.38. The minimum absolute atomic E-state index is 0.00254. The van der Waals surface area contributed by atoms with Crippen molar-refractivity contribution in [3.63, 3.8) is 0 Å². The van der Waals surface area contributed by atoms with E-state index in [1.807, 2.05) is 0 Å². The predicted octanol–water partition coefficient (Wildman–Crippen LogP) is 9.36. The highest BCUT2D eigenvalue weighted by molar-refractivity contribution is 7.95. The van der Waals surface area contributed by atoms with Crippen LogP contribution in [0, 0.1) is 13.8 Å². The molecule has 0 amide bonds. The van der Waals surface area contributed by atoms with Gasteiger partial charge in [0.1, 0.15) is 44.0 Å². The van der Waals surface area contributed by atoms with Gasteiger partial charge in [0.2, 0.25) is 0 Å². The smallest absolute Gasteiger partial charge is 0.296 e. The van der Waals surface area contributed by atoms with E-state index < -0.39 is 35.8 Å². The Morgan fingerprint density at radius 1 is 0.621 bits per heavy atom. The van der Waals surface area contributed by atoms with Crippen molar-refractivity contribution >= 4 is 94.9 Å². The average Bonchev–Trinajstić information content (AvgIpc) is 3.17. The summed E-state index contributed by atoms with van der Waals surface area (Å²) in [5.74, 6) is -0.120. The molecule has 0 radical (unpaired) electrons. The molecule has 5 aromatic rings. The zero-order valence-electron chi connectivity index (χ0n) is 30.0. The van der Waals surface area contributed by atoms with E-state index in [4.69, 9.17) is 25.7 Å². The lowest BCUT2D eigenvalue weighted by Gasteiger charge is -2.12. The minimum Gasteiger partial charge on any atom is -0.505 e. The molecule has 0 aliphatic carbocycles. The zero-order valence-corrected chi connectivity index (χ0v) is 33.3. The second-order valence-electron chi connectivity index (χ2n) is 11.4. The van der Waals surface area contributed by atoms with Gasteiger partial charge in [-0.05, 0) is 78.9 Å². The van der Waals surface area contributed by atoms with Crippen LogP contribution in [0.25, 0.3) is 10.8 Å². The minimum atomic E-state index is -4.71. The SMILES string of the molecule is COc1cc(N=Nc2cc(SOOO)ccc2S(=O)(=O)O)c(C)cc1N=Nc1cc(OC)c(N=Nc2c(SOOO)cc3cc(S(=O)(=O)O)c(N)cc3c2O)cc1C. The van der Waals surface area contributed by atoms with Crippen molar-refractivity contribution in [2.45, 2.75) is 33.4 Å². The summed E-state index contributed by atoms with van der Waals surface area (Å²) >= 11 is 0.944. The van der Waals surface area contributed by atoms with E-state index in [1.54, 1.807) is 26.0 Å². The van der Waals surface area contributed by atoms with E-state index in [2.05, 4.69) is 49.4 Å². The number of azo groups is 3. The fraction of sp³-hybridized carbons (Fsp3) is 0.125. The molecule has 5 rings (SSSR count). The first kappa shape index (κ1) is 43.8. The van der Waals surface area contributed by atoms with E-state index in [0.717, 1.165) is 18.2 Å². The molecule has 0 unspecified atom stereocenters. The number of nitrogens with zero attached hydrogens (tertiary/aromatic N) is 6. The Hall–Kier alpha value is -5.36. The fourth-order valence-corrected chi connectivity index (χ4v) is 7.19. The quantitative estimate of drug-likeness (QED) is 0.0134. The maximum atomic E-state index is 11.9. The first-order valence-electron chi connectivity index (χ1n) is 15.6. The molecule has 0 atom stereocenters. The Morgan fingerprint density at radius 2 is 1.14 bits per heavy atom. The van der Waals surface area contributed by atoms with Gasteiger partial charge in [-0.2, -0.15) is 27.1 Å². The van der Waals surface area contributed by atoms with Crippen LogP contribution >= 0.6 is 24.1 Å². The molecule has 306 valence electrons. The molecule has 5 aromatic carbocycles. The number of aryl methyl sites for hydroxylation is 2. The van der Waals surface area contributed by atoms with E-state index in [9.17, 15) is 31.0 Å². The highest BCUT2D eigenvalue weighted by Gasteiger charge is 2.21. The molecule has 0 fully saturated rings. The van der Waals surface area contributed by atoms with E-state index >= 15 is 0 Å². The van der Waals surface area contributed by atoms with Gasteiger partial charge in [-0.3, -0.25) is 9.11 Å². The number of aromatic hydroxyl groups is 1. The third kappa shape index (κ3) is 10.2. The standard InChI is InChI=1S/C32H29N7O15S4/c1-15-7-23(26(49-3)14-22(15)35-38-25-11-18(55-53-51-41)5-6-29(25)57(43,44)45)36-34-21-13-27(50-4)24(8-16(21)2)37-39-31-28(56-54-52-42)9-17-10-30(58(46,47)48)20(33)12-19(17)32(31)40/h5-14,40-42H,33H2,1-4H3,(H,43,44,45)(H,46,47,48). The number of phenolic OH excluding ortho intramolecular Hbond substituents is 1. The maximum Gasteiger partial charge on any atom is 0.296 e. The number of phenols is 1. The van der Waals surface area contributed by atoms with Crippen LogP contribution in [0.2, 0.25) is 0 Å². The van der Waals surface area contributed by atoms with Crippen molar-refractivity contribution < 1.29 is 69.8 Å². The van der Waals surface area contributed by atoms with Gasteiger partial charge in [-0.15, -0.1) is 29.1 Å². The lowest BCUT2D eigenvalue weighted by Crippen LogP contribution is -2.03. The number of hydrogen-bond donors (Lipinski definition) is 6. The molecule has 0 aliphatic heterocycles. The summed E-state index contributed by atoms with van der Waals surface area (Å²) in [5, 5.41) is 60.9. The van der Waals surface area contributed by atoms with Crippen molar-refractivity contribution in [2.75, 3.05) is 20.0 Å². The number of rotatable bonds is 16. The third-order valence-corrected chi connectivity index (χ3v) is 10.8. The number of methoxy groups -OCH3 is 2. The van der Waals surface area contributed by atoms with Crippen molar-refractivity contribution in [2.24, 2.45) is 30.7 Å². The highest BCUT2D eigenvalue weighted by Crippen LogP contribution is 2.46. The molecular formula is C32H29N7O15S4. The summed E-state index contributed by atoms with van der Waals surface area (Å²) < 4.78 is 86.6. The second-order valence-corrected chi connectivity index (χ2v) is 15.7. The molecule has 0 saturated carbocycles. The Morgan fingerprint density at radius 3 is 1.67 bits per heavy atom. The van der Waals surface area contributed by atoms with Crippen LogP contribution in [0.1, 0.15) is 11.1 Å². The van der Waals surface area contributed by atoms with Crippen LogP contribution in [-0.2, 0) is 39.0 Å². The van der Waals surface area contributed by atoms with Gasteiger partial charge in [0.25, 0.3) is 20.2 Å². The number of benzene rings is 5. The number of hydrogen-bond acceptors (Lipinski definition) is 22. The molecule has 22 nitrogen and oxygen atoms in total. The number of nitrogen functional groups attached to an aromatic ring is 1. The van der Waals surface area contributed by atoms with Crippen LogP contribution in [0.15, 0.2) is 111 Å². The first-order chi connectivity index (χ1) is 27.5. The molecule has 0 aliphatic rings. The number of nitrogens with two attached hydrogens (primary N) is 1. The van der Waals surface area contributed by atoms with Gasteiger partial charge in [-0.1, -0.05) is 10.1 Å².